The monoisotopic (exact) mass is 284 g/mol. The molecule has 0 aromatic heterocycles. The van der Waals surface area contributed by atoms with Crippen LogP contribution in [0.25, 0.3) is 0 Å². The zero-order valence-corrected chi connectivity index (χ0v) is 10.9. The summed E-state index contributed by atoms with van der Waals surface area (Å²) in [6.07, 6.45) is 0. The van der Waals surface area contributed by atoms with Crippen LogP contribution in [0, 0.1) is 6.92 Å². The van der Waals surface area contributed by atoms with Gasteiger partial charge in [-0.2, -0.15) is 0 Å². The Morgan fingerprint density at radius 2 is 2.20 bits per heavy atom. The lowest BCUT2D eigenvalue weighted by atomic mass is 10.2. The minimum atomic E-state index is 0.581. The number of thioether (sulfide) groups is 1. The van der Waals surface area contributed by atoms with Gasteiger partial charge >= 0.3 is 0 Å². The van der Waals surface area contributed by atoms with E-state index in [1.54, 1.807) is 11.8 Å². The Bertz CT molecular complexity index is 361. The summed E-state index contributed by atoms with van der Waals surface area (Å²) in [5.74, 6) is 0. The van der Waals surface area contributed by atoms with Gasteiger partial charge in [0, 0.05) is 16.3 Å². The van der Waals surface area contributed by atoms with Crippen LogP contribution >= 0.6 is 27.7 Å². The van der Waals surface area contributed by atoms with E-state index in [0.29, 0.717) is 5.25 Å². The third-order valence-electron chi connectivity index (χ3n) is 2.19. The smallest absolute Gasteiger partial charge is 0.161 e. The summed E-state index contributed by atoms with van der Waals surface area (Å²) in [5.41, 5.74) is 2.39. The first kappa shape index (κ1) is 11.0. The molecule has 1 N–H and O–H groups in total. The van der Waals surface area contributed by atoms with Gasteiger partial charge < -0.3 is 5.32 Å². The molecule has 0 amide bonds. The average Bonchev–Trinajstić information content (AvgIpc) is 2.69. The molecule has 0 saturated carbocycles. The molecule has 0 fully saturated rings. The molecule has 0 unspecified atom stereocenters. The van der Waals surface area contributed by atoms with Gasteiger partial charge in [-0.3, -0.25) is 4.99 Å². The van der Waals surface area contributed by atoms with Crippen molar-refractivity contribution in [1.82, 2.24) is 0 Å². The zero-order valence-electron chi connectivity index (χ0n) is 8.53. The van der Waals surface area contributed by atoms with Crippen LogP contribution in [-0.4, -0.2) is 22.3 Å². The molecule has 15 heavy (non-hydrogen) atoms. The minimum Gasteiger partial charge on any atom is -0.335 e. The Balaban J connectivity index is 1.95. The van der Waals surface area contributed by atoms with Crippen LogP contribution in [0.3, 0.4) is 0 Å². The van der Waals surface area contributed by atoms with Gasteiger partial charge in [0.25, 0.3) is 0 Å². The van der Waals surface area contributed by atoms with Crippen LogP contribution in [0.2, 0.25) is 0 Å². The van der Waals surface area contributed by atoms with Gasteiger partial charge in [-0.1, -0.05) is 45.4 Å². The Labute approximate surface area is 103 Å². The van der Waals surface area contributed by atoms with E-state index in [4.69, 9.17) is 0 Å². The third kappa shape index (κ3) is 2.98. The number of anilines is 1. The molecule has 80 valence electrons. The van der Waals surface area contributed by atoms with Crippen LogP contribution in [-0.2, 0) is 0 Å². The second kappa shape index (κ2) is 5.03. The Morgan fingerprint density at radius 1 is 1.47 bits per heavy atom. The summed E-state index contributed by atoms with van der Waals surface area (Å²) in [5, 5.41) is 5.94. The fraction of sp³-hybridized carbons (Fsp3) is 0.364. The van der Waals surface area contributed by atoms with E-state index in [1.165, 1.54) is 5.56 Å². The number of nitrogens with zero attached hydrogens (tertiary/aromatic N) is 1. The highest BCUT2D eigenvalue weighted by atomic mass is 79.9. The summed E-state index contributed by atoms with van der Waals surface area (Å²) in [7, 11) is 0. The standard InChI is InChI=1S/C11H13BrN2S/c1-8-2-4-9(5-3-8)14-11-13-7-10(6-12)15-11/h2-5,10H,6-7H2,1H3,(H,13,14)/t10-/m1/s1. The topological polar surface area (TPSA) is 24.4 Å². The molecule has 1 aliphatic rings. The molecule has 0 radical (unpaired) electrons. The first-order valence-corrected chi connectivity index (χ1v) is 6.89. The molecule has 2 nitrogen and oxygen atoms in total. The van der Waals surface area contributed by atoms with E-state index in [0.717, 1.165) is 22.7 Å². The molecule has 1 aromatic carbocycles. The highest BCUT2D eigenvalue weighted by molar-refractivity contribution is 9.09. The first-order valence-electron chi connectivity index (χ1n) is 4.88. The quantitative estimate of drug-likeness (QED) is 0.843. The van der Waals surface area contributed by atoms with E-state index in [9.17, 15) is 0 Å². The van der Waals surface area contributed by atoms with Crippen molar-refractivity contribution >= 4 is 38.5 Å². The molecule has 1 heterocycles. The highest BCUT2D eigenvalue weighted by Crippen LogP contribution is 2.23. The van der Waals surface area contributed by atoms with E-state index in [-0.39, 0.29) is 0 Å². The lowest BCUT2D eigenvalue weighted by Gasteiger charge is -2.06. The molecular formula is C11H13BrN2S. The SMILES string of the molecule is Cc1ccc(NC2=NC[C@@H](CBr)S2)cc1. The molecule has 0 aliphatic carbocycles. The maximum absolute atomic E-state index is 4.44. The van der Waals surface area contributed by atoms with Crippen molar-refractivity contribution in [2.75, 3.05) is 17.2 Å². The largest absolute Gasteiger partial charge is 0.335 e. The van der Waals surface area contributed by atoms with Gasteiger partial charge in [0.1, 0.15) is 0 Å². The van der Waals surface area contributed by atoms with Crippen molar-refractivity contribution in [3.8, 4) is 0 Å². The molecule has 1 aliphatic heterocycles. The van der Waals surface area contributed by atoms with Crippen molar-refractivity contribution in [2.24, 2.45) is 4.99 Å². The number of benzene rings is 1. The number of halogens is 1. The van der Waals surface area contributed by atoms with E-state index >= 15 is 0 Å². The normalized spacial score (nSPS) is 20.1. The Hall–Kier alpha value is -0.480. The minimum absolute atomic E-state index is 0.581. The Kier molecular flexibility index (Phi) is 3.70. The number of aryl methyl sites for hydroxylation is 1. The lowest BCUT2D eigenvalue weighted by molar-refractivity contribution is 0.993. The van der Waals surface area contributed by atoms with E-state index in [1.807, 2.05) is 0 Å². The molecule has 0 spiro atoms. The second-order valence-corrected chi connectivity index (χ2v) is 5.47. The predicted octanol–water partition coefficient (Wildman–Crippen LogP) is 3.27. The summed E-state index contributed by atoms with van der Waals surface area (Å²) in [6, 6.07) is 8.37. The number of hydrogen-bond donors (Lipinski definition) is 1. The second-order valence-electron chi connectivity index (χ2n) is 3.53. The Morgan fingerprint density at radius 3 is 2.80 bits per heavy atom. The fourth-order valence-electron chi connectivity index (χ4n) is 1.33. The molecule has 0 saturated heterocycles. The summed E-state index contributed by atoms with van der Waals surface area (Å²) in [4.78, 5) is 4.44. The zero-order chi connectivity index (χ0) is 10.7. The molecular weight excluding hydrogens is 272 g/mol. The summed E-state index contributed by atoms with van der Waals surface area (Å²) in [6.45, 7) is 3.00. The number of alkyl halides is 1. The maximum Gasteiger partial charge on any atom is 0.161 e. The molecule has 1 atom stereocenters. The first-order chi connectivity index (χ1) is 7.28. The number of aliphatic imine (C=N–C) groups is 1. The van der Waals surface area contributed by atoms with Gasteiger partial charge in [0.15, 0.2) is 5.17 Å². The summed E-state index contributed by atoms with van der Waals surface area (Å²) >= 11 is 5.28. The van der Waals surface area contributed by atoms with Crippen molar-refractivity contribution in [2.45, 2.75) is 12.2 Å². The number of nitrogens with one attached hydrogen (secondary N) is 1. The fourth-order valence-corrected chi connectivity index (χ4v) is 2.78. The molecule has 1 aromatic rings. The van der Waals surface area contributed by atoms with Crippen LogP contribution in [0.15, 0.2) is 29.3 Å². The third-order valence-corrected chi connectivity index (χ3v) is 4.51. The van der Waals surface area contributed by atoms with E-state index < -0.39 is 0 Å². The van der Waals surface area contributed by atoms with Crippen molar-refractivity contribution in [3.05, 3.63) is 29.8 Å². The predicted molar refractivity (Wildman–Crippen MR) is 72.3 cm³/mol. The number of amidine groups is 1. The van der Waals surface area contributed by atoms with Gasteiger partial charge in [0.2, 0.25) is 0 Å². The van der Waals surface area contributed by atoms with Gasteiger partial charge in [0.05, 0.1) is 6.54 Å². The molecule has 4 heteroatoms. The van der Waals surface area contributed by atoms with Crippen LogP contribution in [0.1, 0.15) is 5.56 Å². The van der Waals surface area contributed by atoms with E-state index in [2.05, 4.69) is 57.4 Å². The lowest BCUT2D eigenvalue weighted by Crippen LogP contribution is -2.08. The number of hydrogen-bond acceptors (Lipinski definition) is 3. The average molecular weight is 285 g/mol. The summed E-state index contributed by atoms with van der Waals surface area (Å²) < 4.78 is 0. The van der Waals surface area contributed by atoms with Crippen LogP contribution in [0.4, 0.5) is 5.69 Å². The van der Waals surface area contributed by atoms with Gasteiger partial charge in [-0.25, -0.2) is 0 Å². The van der Waals surface area contributed by atoms with Gasteiger partial charge in [-0.05, 0) is 19.1 Å². The van der Waals surface area contributed by atoms with Crippen molar-refractivity contribution < 1.29 is 0 Å². The maximum atomic E-state index is 4.44. The molecule has 2 rings (SSSR count). The van der Waals surface area contributed by atoms with Crippen molar-refractivity contribution in [3.63, 3.8) is 0 Å². The van der Waals surface area contributed by atoms with Crippen LogP contribution < -0.4 is 5.32 Å². The highest BCUT2D eigenvalue weighted by Gasteiger charge is 2.17. The van der Waals surface area contributed by atoms with Crippen LogP contribution in [0.5, 0.6) is 0 Å². The molecule has 0 bridgehead atoms. The number of rotatable bonds is 2. The van der Waals surface area contributed by atoms with Gasteiger partial charge in [-0.15, -0.1) is 0 Å². The van der Waals surface area contributed by atoms with Crippen molar-refractivity contribution in [1.29, 1.82) is 0 Å².